The van der Waals surface area contributed by atoms with E-state index in [2.05, 4.69) is 10.0 Å². The predicted molar refractivity (Wildman–Crippen MR) is 172 cm³/mol. The van der Waals surface area contributed by atoms with Gasteiger partial charge in [-0.15, -0.1) is 0 Å². The minimum atomic E-state index is -3.74. The van der Waals surface area contributed by atoms with Crippen molar-refractivity contribution in [1.82, 2.24) is 10.0 Å². The minimum absolute atomic E-state index is 0.0557. The number of fused-ring (bicyclic) bond motifs is 1. The molecule has 3 aromatic carbocycles. The number of amides is 1. The van der Waals surface area contributed by atoms with Crippen molar-refractivity contribution in [2.24, 2.45) is 0 Å². The molecule has 250 valence electrons. The highest BCUT2D eigenvalue weighted by molar-refractivity contribution is 7.88. The maximum atomic E-state index is 13.6. The average molecular weight is 669 g/mol. The number of aliphatic carboxylic acids is 1. The molecule has 11 nitrogen and oxygen atoms in total. The van der Waals surface area contributed by atoms with Gasteiger partial charge in [-0.3, -0.25) is 4.79 Å². The van der Waals surface area contributed by atoms with Gasteiger partial charge in [0.05, 0.1) is 44.4 Å². The van der Waals surface area contributed by atoms with Gasteiger partial charge in [0.1, 0.15) is 17.2 Å². The van der Waals surface area contributed by atoms with E-state index in [-0.39, 0.29) is 62.9 Å². The summed E-state index contributed by atoms with van der Waals surface area (Å²) >= 11 is 0. The van der Waals surface area contributed by atoms with Gasteiger partial charge in [0.15, 0.2) is 6.10 Å². The van der Waals surface area contributed by atoms with Crippen molar-refractivity contribution in [3.05, 3.63) is 94.8 Å². The molecule has 1 aliphatic rings. The molecule has 0 aliphatic heterocycles. The molecule has 1 aliphatic carbocycles. The van der Waals surface area contributed by atoms with Crippen LogP contribution in [0, 0.1) is 5.82 Å². The Kier molecular flexibility index (Phi) is 11.4. The maximum Gasteiger partial charge on any atom is 0.337 e. The normalized spacial score (nSPS) is 13.9. The first-order chi connectivity index (χ1) is 22.7. The first kappa shape index (κ1) is 34.2. The van der Waals surface area contributed by atoms with Crippen molar-refractivity contribution in [3.8, 4) is 11.3 Å². The Hall–Kier alpha value is -4.14. The molecule has 0 spiro atoms. The van der Waals surface area contributed by atoms with Crippen molar-refractivity contribution in [1.29, 1.82) is 0 Å². The highest BCUT2D eigenvalue weighted by Gasteiger charge is 2.31. The van der Waals surface area contributed by atoms with Gasteiger partial charge in [-0.2, -0.15) is 0 Å². The summed E-state index contributed by atoms with van der Waals surface area (Å²) < 4.78 is 64.7. The minimum Gasteiger partial charge on any atom is -0.479 e. The van der Waals surface area contributed by atoms with Crippen molar-refractivity contribution in [2.75, 3.05) is 46.6 Å². The Balaban J connectivity index is 1.12. The van der Waals surface area contributed by atoms with Gasteiger partial charge in [-0.25, -0.2) is 22.3 Å². The number of carbonyl (C=O) groups is 2. The first-order valence-corrected chi connectivity index (χ1v) is 16.9. The number of benzene rings is 3. The lowest BCUT2D eigenvalue weighted by Gasteiger charge is -2.14. The molecule has 0 radical (unpaired) electrons. The zero-order chi connectivity index (χ0) is 33.4. The highest BCUT2D eigenvalue weighted by atomic mass is 32.2. The second-order valence-corrected chi connectivity index (χ2v) is 12.9. The second kappa shape index (κ2) is 15.6. The van der Waals surface area contributed by atoms with Crippen LogP contribution in [0.3, 0.4) is 0 Å². The summed E-state index contributed by atoms with van der Waals surface area (Å²) in [7, 11) is -2.23. The van der Waals surface area contributed by atoms with Crippen LogP contribution in [-0.2, 0) is 34.8 Å². The topological polar surface area (TPSA) is 153 Å². The molecule has 0 bridgehead atoms. The SMILES string of the molecule is CNC(=O)c1c(-c2ccc(F)cc2)oc2cc(CS(=O)(=O)NCCOCCOCCOC(C(=O)O)c3ccccc3)c(C3CC3)cc12. The summed E-state index contributed by atoms with van der Waals surface area (Å²) in [6.45, 7) is 0.876. The van der Waals surface area contributed by atoms with Gasteiger partial charge in [-0.05, 0) is 71.8 Å². The van der Waals surface area contributed by atoms with E-state index >= 15 is 0 Å². The van der Waals surface area contributed by atoms with Gasteiger partial charge >= 0.3 is 5.97 Å². The standard InChI is InChI=1S/C34H37FN2O9S/c1-36-33(38)30-28-20-27(22-7-8-22)25(19-29(28)46-31(30)24-9-11-26(35)12-10-24)21-47(41,42)37-13-14-43-15-16-44-17-18-45-32(34(39)40)23-5-3-2-4-6-23/h2-6,9-12,19-20,22,32,37H,7-8,13-18,21H2,1H3,(H,36,38)(H,39,40). The molecular weight excluding hydrogens is 631 g/mol. The van der Waals surface area contributed by atoms with E-state index in [9.17, 15) is 27.5 Å². The molecule has 47 heavy (non-hydrogen) atoms. The van der Waals surface area contributed by atoms with Gasteiger partial charge in [0.2, 0.25) is 10.0 Å². The molecule has 13 heteroatoms. The molecule has 1 unspecified atom stereocenters. The molecule has 4 aromatic rings. The lowest BCUT2D eigenvalue weighted by Crippen LogP contribution is -2.29. The molecule has 1 heterocycles. The fourth-order valence-electron chi connectivity index (χ4n) is 5.27. The molecule has 1 atom stereocenters. The third-order valence-electron chi connectivity index (χ3n) is 7.65. The average Bonchev–Trinajstić information content (AvgIpc) is 3.83. The smallest absolute Gasteiger partial charge is 0.337 e. The molecule has 1 aromatic heterocycles. The van der Waals surface area contributed by atoms with Crippen molar-refractivity contribution < 1.29 is 46.1 Å². The van der Waals surface area contributed by atoms with E-state index in [1.807, 2.05) is 6.07 Å². The number of ether oxygens (including phenoxy) is 3. The molecule has 1 saturated carbocycles. The van der Waals surface area contributed by atoms with E-state index < -0.39 is 27.9 Å². The van der Waals surface area contributed by atoms with Gasteiger partial charge in [-0.1, -0.05) is 30.3 Å². The highest BCUT2D eigenvalue weighted by Crippen LogP contribution is 2.45. The molecule has 1 fully saturated rings. The fourth-order valence-corrected chi connectivity index (χ4v) is 6.42. The lowest BCUT2D eigenvalue weighted by atomic mass is 9.98. The summed E-state index contributed by atoms with van der Waals surface area (Å²) in [6.07, 6.45) is 0.752. The van der Waals surface area contributed by atoms with Crippen LogP contribution in [0.1, 0.15) is 51.9 Å². The van der Waals surface area contributed by atoms with Crippen LogP contribution in [0.2, 0.25) is 0 Å². The number of carbonyl (C=O) groups excluding carboxylic acids is 1. The molecule has 3 N–H and O–H groups in total. The van der Waals surface area contributed by atoms with Crippen LogP contribution in [0.5, 0.6) is 0 Å². The van der Waals surface area contributed by atoms with E-state index in [0.29, 0.717) is 33.2 Å². The number of furan rings is 1. The van der Waals surface area contributed by atoms with Crippen LogP contribution in [-0.4, -0.2) is 72.0 Å². The Labute approximate surface area is 272 Å². The molecule has 0 saturated heterocycles. The van der Waals surface area contributed by atoms with E-state index in [1.54, 1.807) is 36.4 Å². The summed E-state index contributed by atoms with van der Waals surface area (Å²) in [5.74, 6) is -1.67. The second-order valence-electron chi connectivity index (χ2n) is 11.1. The predicted octanol–water partition coefficient (Wildman–Crippen LogP) is 4.77. The van der Waals surface area contributed by atoms with Crippen LogP contribution in [0.25, 0.3) is 22.3 Å². The number of carboxylic acids is 1. The van der Waals surface area contributed by atoms with Gasteiger partial charge < -0.3 is 29.1 Å². The number of nitrogens with one attached hydrogen (secondary N) is 2. The van der Waals surface area contributed by atoms with Gasteiger partial charge in [0, 0.05) is 24.5 Å². The van der Waals surface area contributed by atoms with Gasteiger partial charge in [0.25, 0.3) is 5.91 Å². The summed E-state index contributed by atoms with van der Waals surface area (Å²) in [5.41, 5.74) is 3.19. The summed E-state index contributed by atoms with van der Waals surface area (Å²) in [4.78, 5) is 24.4. The largest absolute Gasteiger partial charge is 0.479 e. The number of carboxylic acid groups (broad SMARTS) is 1. The number of sulfonamides is 1. The summed E-state index contributed by atoms with van der Waals surface area (Å²) in [6, 6.07) is 17.8. The van der Waals surface area contributed by atoms with E-state index in [4.69, 9.17) is 18.6 Å². The number of hydrogen-bond donors (Lipinski definition) is 3. The fraction of sp³-hybridized carbons (Fsp3) is 0.353. The van der Waals surface area contributed by atoms with E-state index in [1.165, 1.54) is 31.3 Å². The Morgan fingerprint density at radius 3 is 2.32 bits per heavy atom. The Morgan fingerprint density at radius 2 is 1.66 bits per heavy atom. The van der Waals surface area contributed by atoms with Crippen molar-refractivity contribution >= 4 is 32.9 Å². The van der Waals surface area contributed by atoms with Crippen molar-refractivity contribution in [2.45, 2.75) is 30.6 Å². The zero-order valence-electron chi connectivity index (χ0n) is 25.9. The van der Waals surface area contributed by atoms with Crippen LogP contribution in [0.15, 0.2) is 71.1 Å². The summed E-state index contributed by atoms with van der Waals surface area (Å²) in [5, 5.41) is 12.6. The number of hydrogen-bond acceptors (Lipinski definition) is 8. The molecular formula is C34H37FN2O9S. The van der Waals surface area contributed by atoms with Crippen LogP contribution >= 0.6 is 0 Å². The first-order valence-electron chi connectivity index (χ1n) is 15.3. The molecule has 1 amide bonds. The Bertz CT molecular complexity index is 1790. The Morgan fingerprint density at radius 1 is 0.979 bits per heavy atom. The third-order valence-corrected chi connectivity index (χ3v) is 8.99. The van der Waals surface area contributed by atoms with Crippen molar-refractivity contribution in [3.63, 3.8) is 0 Å². The van der Waals surface area contributed by atoms with E-state index in [0.717, 1.165) is 18.4 Å². The van der Waals surface area contributed by atoms with Crippen LogP contribution < -0.4 is 10.0 Å². The maximum absolute atomic E-state index is 13.6. The monoisotopic (exact) mass is 668 g/mol. The number of rotatable bonds is 18. The lowest BCUT2D eigenvalue weighted by molar-refractivity contribution is -0.152. The van der Waals surface area contributed by atoms with Crippen LogP contribution in [0.4, 0.5) is 4.39 Å². The third kappa shape index (κ3) is 9.02. The molecule has 5 rings (SSSR count). The quantitative estimate of drug-likeness (QED) is 0.127. The number of halogens is 1. The zero-order valence-corrected chi connectivity index (χ0v) is 26.7.